The topological polar surface area (TPSA) is 40.5 Å². The standard InChI is InChI=1S/C19H23FO2S/c1-19-7-15(20)17-12-5-3-11(21)6-10(12)2-4-13(17)18(19)14(9-23)16(22)8-19/h3,5-6,9,13-18,21-22H,2,4,7-8H2,1H3/t13-,14-,15+,16+,17-,18-,19-/m1/s1. The highest BCUT2D eigenvalue weighted by atomic mass is 32.1. The van der Waals surface area contributed by atoms with Crippen molar-refractivity contribution in [1.82, 2.24) is 0 Å². The molecule has 7 atom stereocenters. The number of rotatable bonds is 1. The predicted octanol–water partition coefficient (Wildman–Crippen LogP) is 3.78. The molecule has 2 fully saturated rings. The van der Waals surface area contributed by atoms with Crippen molar-refractivity contribution in [3.8, 4) is 5.75 Å². The Kier molecular flexibility index (Phi) is 3.54. The minimum absolute atomic E-state index is 0.00587. The predicted molar refractivity (Wildman–Crippen MR) is 91.5 cm³/mol. The zero-order valence-corrected chi connectivity index (χ0v) is 14.1. The minimum Gasteiger partial charge on any atom is -0.508 e. The number of halogens is 1. The summed E-state index contributed by atoms with van der Waals surface area (Å²) in [6, 6.07) is 5.35. The second kappa shape index (κ2) is 5.25. The highest BCUT2D eigenvalue weighted by molar-refractivity contribution is 7.79. The molecule has 2 saturated carbocycles. The molecule has 3 aliphatic carbocycles. The van der Waals surface area contributed by atoms with Gasteiger partial charge in [0.05, 0.1) is 6.10 Å². The third-order valence-corrected chi connectivity index (χ3v) is 7.02. The van der Waals surface area contributed by atoms with E-state index in [0.29, 0.717) is 12.8 Å². The van der Waals surface area contributed by atoms with Crippen LogP contribution in [0, 0.1) is 23.2 Å². The van der Waals surface area contributed by atoms with Gasteiger partial charge in [-0.25, -0.2) is 4.39 Å². The molecule has 0 spiro atoms. The van der Waals surface area contributed by atoms with Crippen LogP contribution in [0.1, 0.15) is 43.2 Å². The van der Waals surface area contributed by atoms with Crippen LogP contribution in [0.3, 0.4) is 0 Å². The number of phenols is 1. The van der Waals surface area contributed by atoms with Gasteiger partial charge in [-0.05, 0) is 71.6 Å². The number of aryl methyl sites for hydroxylation is 1. The summed E-state index contributed by atoms with van der Waals surface area (Å²) in [5.74, 6) is 0.608. The van der Waals surface area contributed by atoms with E-state index >= 15 is 4.39 Å². The van der Waals surface area contributed by atoms with Crippen molar-refractivity contribution in [3.05, 3.63) is 29.3 Å². The van der Waals surface area contributed by atoms with Gasteiger partial charge in [-0.2, -0.15) is 0 Å². The van der Waals surface area contributed by atoms with Crippen LogP contribution in [0.2, 0.25) is 0 Å². The summed E-state index contributed by atoms with van der Waals surface area (Å²) < 4.78 is 15.2. The van der Waals surface area contributed by atoms with E-state index in [4.69, 9.17) is 12.2 Å². The Hall–Kier alpha value is -1.00. The Morgan fingerprint density at radius 3 is 2.87 bits per heavy atom. The van der Waals surface area contributed by atoms with Crippen LogP contribution >= 0.6 is 12.2 Å². The molecule has 0 aromatic heterocycles. The number of aliphatic hydroxyl groups excluding tert-OH is 1. The molecule has 124 valence electrons. The number of aromatic hydroxyl groups is 1. The molecular weight excluding hydrogens is 311 g/mol. The van der Waals surface area contributed by atoms with Crippen molar-refractivity contribution in [2.75, 3.05) is 0 Å². The molecule has 2 N–H and O–H groups in total. The number of hydrogen-bond donors (Lipinski definition) is 2. The molecule has 23 heavy (non-hydrogen) atoms. The van der Waals surface area contributed by atoms with E-state index in [9.17, 15) is 10.2 Å². The lowest BCUT2D eigenvalue weighted by Crippen LogP contribution is -2.47. The molecule has 3 aliphatic rings. The van der Waals surface area contributed by atoms with Gasteiger partial charge in [-0.3, -0.25) is 0 Å². The third kappa shape index (κ3) is 2.18. The van der Waals surface area contributed by atoms with E-state index in [2.05, 4.69) is 6.92 Å². The van der Waals surface area contributed by atoms with Gasteiger partial charge < -0.3 is 10.2 Å². The quantitative estimate of drug-likeness (QED) is 0.768. The lowest BCUT2D eigenvalue weighted by atomic mass is 9.54. The molecule has 0 amide bonds. The second-order valence-electron chi connectivity index (χ2n) is 8.00. The number of hydrogen-bond acceptors (Lipinski definition) is 3. The van der Waals surface area contributed by atoms with Gasteiger partial charge >= 0.3 is 0 Å². The van der Waals surface area contributed by atoms with E-state index < -0.39 is 12.3 Å². The van der Waals surface area contributed by atoms with E-state index in [-0.39, 0.29) is 34.8 Å². The van der Waals surface area contributed by atoms with Gasteiger partial charge in [-0.15, -0.1) is 0 Å². The highest BCUT2D eigenvalue weighted by Crippen LogP contribution is 2.63. The van der Waals surface area contributed by atoms with E-state index in [1.54, 1.807) is 17.5 Å². The Morgan fingerprint density at radius 2 is 2.13 bits per heavy atom. The Bertz CT molecular complexity index is 648. The van der Waals surface area contributed by atoms with Crippen LogP contribution < -0.4 is 0 Å². The summed E-state index contributed by atoms with van der Waals surface area (Å²) >= 11 is 5.21. The van der Waals surface area contributed by atoms with Gasteiger partial charge in [0.15, 0.2) is 0 Å². The fourth-order valence-electron chi connectivity index (χ4n) is 5.96. The molecule has 4 heteroatoms. The lowest BCUT2D eigenvalue weighted by molar-refractivity contribution is -0.00594. The summed E-state index contributed by atoms with van der Waals surface area (Å²) in [5, 5.41) is 21.9. The minimum atomic E-state index is -0.888. The summed E-state index contributed by atoms with van der Waals surface area (Å²) in [5.41, 5.74) is 1.97. The Morgan fingerprint density at radius 1 is 1.35 bits per heavy atom. The second-order valence-corrected chi connectivity index (χ2v) is 8.27. The average Bonchev–Trinajstić information content (AvgIpc) is 2.75. The molecule has 4 rings (SSSR count). The van der Waals surface area contributed by atoms with E-state index in [1.807, 2.05) is 6.07 Å². The number of alkyl halides is 1. The number of fused-ring (bicyclic) bond motifs is 5. The first-order valence-electron chi connectivity index (χ1n) is 8.54. The SMILES string of the molecule is C[C@@]12C[C@H](O)[C@@H](C=S)[C@H]1[C@@H]1CCc3cc(O)ccc3[C@H]1[C@@H](F)C2. The number of phenolic OH excluding ortho intramolecular Hbond substituents is 1. The normalized spacial score (nSPS) is 45.0. The Labute approximate surface area is 141 Å². The van der Waals surface area contributed by atoms with Crippen LogP contribution in [-0.2, 0) is 6.42 Å². The van der Waals surface area contributed by atoms with Crippen molar-refractivity contribution in [3.63, 3.8) is 0 Å². The molecule has 2 nitrogen and oxygen atoms in total. The van der Waals surface area contributed by atoms with E-state index in [0.717, 1.165) is 24.0 Å². The fraction of sp³-hybridized carbons (Fsp3) is 0.632. The monoisotopic (exact) mass is 334 g/mol. The molecular formula is C19H23FO2S. The van der Waals surface area contributed by atoms with Crippen molar-refractivity contribution < 1.29 is 14.6 Å². The maximum absolute atomic E-state index is 15.2. The molecule has 1 aromatic rings. The van der Waals surface area contributed by atoms with Gasteiger partial charge in [0.25, 0.3) is 0 Å². The highest BCUT2D eigenvalue weighted by Gasteiger charge is 2.59. The summed E-state index contributed by atoms with van der Waals surface area (Å²) in [6.45, 7) is 2.13. The van der Waals surface area contributed by atoms with Crippen LogP contribution in [0.4, 0.5) is 4.39 Å². The van der Waals surface area contributed by atoms with E-state index in [1.165, 1.54) is 0 Å². The summed E-state index contributed by atoms with van der Waals surface area (Å²) in [4.78, 5) is 0. The molecule has 0 aliphatic heterocycles. The smallest absolute Gasteiger partial charge is 0.115 e. The van der Waals surface area contributed by atoms with Gasteiger partial charge in [0, 0.05) is 11.8 Å². The molecule has 0 saturated heterocycles. The van der Waals surface area contributed by atoms with Gasteiger partial charge in [0.1, 0.15) is 11.9 Å². The number of aliphatic hydroxyl groups is 1. The van der Waals surface area contributed by atoms with Gasteiger partial charge in [0.2, 0.25) is 0 Å². The first kappa shape index (κ1) is 15.5. The van der Waals surface area contributed by atoms with Crippen molar-refractivity contribution >= 4 is 17.6 Å². The summed E-state index contributed by atoms with van der Waals surface area (Å²) in [7, 11) is 0. The number of thiocarbonyl (C=S) groups is 1. The maximum atomic E-state index is 15.2. The molecule has 0 unspecified atom stereocenters. The molecule has 0 radical (unpaired) electrons. The molecule has 0 bridgehead atoms. The van der Waals surface area contributed by atoms with Crippen molar-refractivity contribution in [2.24, 2.45) is 23.2 Å². The van der Waals surface area contributed by atoms with Gasteiger partial charge in [-0.1, -0.05) is 25.2 Å². The van der Waals surface area contributed by atoms with Crippen molar-refractivity contribution in [2.45, 2.75) is 50.8 Å². The first-order chi connectivity index (χ1) is 10.9. The lowest BCUT2D eigenvalue weighted by Gasteiger charge is -2.51. The average molecular weight is 334 g/mol. The van der Waals surface area contributed by atoms with Crippen LogP contribution in [0.15, 0.2) is 18.2 Å². The van der Waals surface area contributed by atoms with Crippen LogP contribution in [0.25, 0.3) is 0 Å². The number of benzene rings is 1. The van der Waals surface area contributed by atoms with Crippen LogP contribution in [0.5, 0.6) is 5.75 Å². The molecule has 0 heterocycles. The molecule has 1 aromatic carbocycles. The van der Waals surface area contributed by atoms with Crippen molar-refractivity contribution in [1.29, 1.82) is 0 Å². The fourth-order valence-corrected chi connectivity index (χ4v) is 6.31. The largest absolute Gasteiger partial charge is 0.508 e. The first-order valence-corrected chi connectivity index (χ1v) is 9.01. The van der Waals surface area contributed by atoms with Crippen LogP contribution in [-0.4, -0.2) is 27.9 Å². The Balaban J connectivity index is 1.79. The summed E-state index contributed by atoms with van der Waals surface area (Å²) in [6.07, 6.45) is 1.60. The third-order valence-electron chi connectivity index (χ3n) is 6.70. The zero-order valence-electron chi connectivity index (χ0n) is 13.3. The zero-order chi connectivity index (χ0) is 16.4. The maximum Gasteiger partial charge on any atom is 0.115 e.